The number of ether oxygens (including phenoxy) is 2. The second kappa shape index (κ2) is 50.4. The van der Waals surface area contributed by atoms with Crippen LogP contribution in [0.3, 0.4) is 0 Å². The number of rotatable bonds is 50. The first-order chi connectivity index (χ1) is 59.4. The molecule has 9 heterocycles. The molecule has 0 bridgehead atoms. The quantitative estimate of drug-likeness (QED) is 0.0275. The van der Waals surface area contributed by atoms with Gasteiger partial charge in [-0.1, -0.05) is 80.1 Å². The van der Waals surface area contributed by atoms with Gasteiger partial charge in [-0.25, -0.2) is 13.2 Å². The van der Waals surface area contributed by atoms with Crippen molar-refractivity contribution in [1.29, 1.82) is 0 Å². The molecule has 4 atom stereocenters. The SMILES string of the molecule is CC(C)CCCC(C)CCC1(CCC(C)CCCC(C)C)Oc2cc(-c3cc(F)c(Br)c4nsnc34)sc2-c2sc(-c3cc(F)c(Br)c4nsnc34)cc21.CCC[CH2][Sn]([CH2]CCC)([CH2]CCC)[c]1cc2c(s1)-c1s[c]([Sn]([CH2]CCC)([CH2]CCC)[CH2]CCC)cc1C(CCC(C)CCCC(C)C)(CCC(C)CCCC(C)C)O2.Fc1cc(Br)c2nsnc2c1Br. The van der Waals surface area contributed by atoms with Crippen molar-refractivity contribution in [2.75, 3.05) is 0 Å². The van der Waals surface area contributed by atoms with Gasteiger partial charge in [0.15, 0.2) is 0 Å². The van der Waals surface area contributed by atoms with Crippen LogP contribution in [-0.4, -0.2) is 63.0 Å². The molecule has 0 fully saturated rings. The van der Waals surface area contributed by atoms with E-state index < -0.39 is 42.4 Å². The predicted octanol–water partition coefficient (Wildman–Crippen LogP) is 37.7. The number of benzene rings is 3. The monoisotopic (exact) mass is 2300 g/mol. The fourth-order valence-corrected chi connectivity index (χ4v) is 65.9. The summed E-state index contributed by atoms with van der Waals surface area (Å²) in [5.41, 5.74) is 7.18. The summed E-state index contributed by atoms with van der Waals surface area (Å²) in [7, 11) is 0. The second-order valence-electron chi connectivity index (χ2n) is 39.0. The van der Waals surface area contributed by atoms with Crippen molar-refractivity contribution in [2.45, 2.75) is 368 Å². The van der Waals surface area contributed by atoms with Gasteiger partial charge in [-0.15, -0.1) is 22.7 Å². The van der Waals surface area contributed by atoms with E-state index in [1.54, 1.807) is 76.7 Å². The molecule has 24 heteroatoms. The van der Waals surface area contributed by atoms with Gasteiger partial charge in [-0.2, -0.15) is 26.2 Å². The maximum Gasteiger partial charge on any atom is 0.140 e. The number of unbranched alkanes of at least 4 members (excludes halogenated alkanes) is 6. The Balaban J connectivity index is 0.000000228. The van der Waals surface area contributed by atoms with Crippen LogP contribution in [0.2, 0.25) is 26.6 Å². The van der Waals surface area contributed by atoms with Crippen LogP contribution in [0, 0.1) is 64.8 Å². The number of aromatic nitrogens is 6. The van der Waals surface area contributed by atoms with Gasteiger partial charge in [0.25, 0.3) is 0 Å². The minimum absolute atomic E-state index is 0.180. The third-order valence-corrected chi connectivity index (χ3v) is 72.6. The van der Waals surface area contributed by atoms with E-state index in [9.17, 15) is 4.39 Å². The zero-order valence-electron chi connectivity index (χ0n) is 78.0. The Morgan fingerprint density at radius 2 is 0.613 bits per heavy atom. The zero-order valence-corrected chi connectivity index (χ0v) is 95.8. The summed E-state index contributed by atoms with van der Waals surface area (Å²) in [6.45, 7) is 43.4. The molecule has 0 spiro atoms. The third kappa shape index (κ3) is 27.1. The van der Waals surface area contributed by atoms with Gasteiger partial charge in [-0.05, 0) is 143 Å². The smallest absolute Gasteiger partial charge is 0.140 e. The molecule has 8 nitrogen and oxygen atoms in total. The second-order valence-corrected chi connectivity index (χ2v) is 76.4. The average Bonchev–Trinajstić information content (AvgIpc) is 1.57. The van der Waals surface area contributed by atoms with Crippen LogP contribution in [0.15, 0.2) is 60.4 Å². The van der Waals surface area contributed by atoms with Crippen LogP contribution in [-0.2, 0) is 11.2 Å². The molecule has 3 aromatic carbocycles. The molecule has 7 aromatic heterocycles. The summed E-state index contributed by atoms with van der Waals surface area (Å²) in [5.74, 6) is 6.69. The standard InChI is InChI=1S/C41H46Br2F2N4OS4.C29H44OS2.C6HBr2FN2S.6C4H9.2Sn/c1-21(2)9-7-11-23(5)13-15-41(16-14-24(6)12-8-10-22(3)4)27-19-31(25-17-28(44)33(42)37-35(25)46-53-48-37)51-39(27)40-30(50-41)20-32(52-40)26-18-29(45)34(43)38-36(26)47-54-49-38;1-21(2)9-7-11-23(5)13-17-29(18-14-24(6)12-8-10-22(3)4)25-15-19-31-27(25)28-26(30-29)16-20-32-28;7-2-1-3(9)4(8)6-5(2)10-12-11-6;6*1-3-4-2;;/h17-24H,7-16H2,1-6H3;15-16,21-24H,7-14,17-18H2,1-6H3;1H;6*1,3-4H2,2H3;;. The topological polar surface area (TPSA) is 95.8 Å². The fourth-order valence-electron chi connectivity index (χ4n) is 18.9. The molecule has 0 aliphatic carbocycles. The van der Waals surface area contributed by atoms with E-state index in [0.29, 0.717) is 80.2 Å². The first kappa shape index (κ1) is 105. The van der Waals surface area contributed by atoms with E-state index >= 15 is 8.78 Å². The zero-order chi connectivity index (χ0) is 89.6. The number of halogens is 7. The van der Waals surface area contributed by atoms with Crippen molar-refractivity contribution in [1.82, 2.24) is 26.2 Å². The van der Waals surface area contributed by atoms with E-state index in [0.717, 1.165) is 121 Å². The summed E-state index contributed by atoms with van der Waals surface area (Å²) in [4.78, 5) is 7.25. The van der Waals surface area contributed by atoms with Crippen molar-refractivity contribution in [3.05, 3.63) is 88.9 Å². The fraction of sp³-hybridized carbons (Fsp3) is 0.660. The maximum atomic E-state index is 15.5. The van der Waals surface area contributed by atoms with Crippen molar-refractivity contribution in [2.24, 2.45) is 47.3 Å². The first-order valence-electron chi connectivity index (χ1n) is 47.9. The van der Waals surface area contributed by atoms with E-state index in [4.69, 9.17) is 9.47 Å². The molecule has 686 valence electrons. The summed E-state index contributed by atoms with van der Waals surface area (Å²) < 4.78 is 100.0. The number of nitrogens with zero attached hydrogens (tertiary/aromatic N) is 6. The first-order valence-corrected chi connectivity index (χ1v) is 71.4. The minimum Gasteiger partial charge on any atom is -0.206 e. The summed E-state index contributed by atoms with van der Waals surface area (Å²) in [5, 5.41) is 0. The van der Waals surface area contributed by atoms with Gasteiger partial charge in [0, 0.05) is 30.9 Å². The van der Waals surface area contributed by atoms with E-state index in [-0.39, 0.29) is 23.1 Å². The molecule has 124 heavy (non-hydrogen) atoms. The average molecular weight is 2300 g/mol. The van der Waals surface area contributed by atoms with Crippen LogP contribution in [0.4, 0.5) is 13.2 Å². The Labute approximate surface area is 815 Å². The van der Waals surface area contributed by atoms with Gasteiger partial charge < -0.3 is 4.74 Å². The van der Waals surface area contributed by atoms with E-state index in [1.807, 2.05) is 5.79 Å². The van der Waals surface area contributed by atoms with Crippen LogP contribution in [0.5, 0.6) is 11.5 Å². The predicted molar refractivity (Wildman–Crippen MR) is 558 cm³/mol. The molecule has 2 aliphatic heterocycles. The molecule has 0 saturated carbocycles. The van der Waals surface area contributed by atoms with Gasteiger partial charge in [-0.3, -0.25) is 0 Å². The molecule has 0 saturated heterocycles. The largest absolute Gasteiger partial charge is 0.206 e. The Hall–Kier alpha value is -1.17. The Morgan fingerprint density at radius 1 is 0.323 bits per heavy atom. The Bertz CT molecular complexity index is 4860. The van der Waals surface area contributed by atoms with Gasteiger partial charge in [0.1, 0.15) is 61.9 Å². The molecule has 2 aliphatic rings. The normalized spacial score (nSPS) is 16.2. The molecular formula is C100H145Br4F3N6O2S7Sn2. The minimum atomic E-state index is -2.70. The van der Waals surface area contributed by atoms with Crippen LogP contribution in [0.1, 0.15) is 341 Å². The summed E-state index contributed by atoms with van der Waals surface area (Å²) in [6, 6.07) is 14.5. The van der Waals surface area contributed by atoms with Crippen molar-refractivity contribution >= 4 is 220 Å². The molecule has 0 amide bonds. The Kier molecular flexibility index (Phi) is 42.6. The number of fused-ring (bicyclic) bond motifs is 9. The van der Waals surface area contributed by atoms with E-state index in [2.05, 4.69) is 262 Å². The van der Waals surface area contributed by atoms with Crippen molar-refractivity contribution < 1.29 is 22.6 Å². The van der Waals surface area contributed by atoms with Crippen LogP contribution >= 0.6 is 144 Å². The van der Waals surface area contributed by atoms with Crippen molar-refractivity contribution in [3.8, 4) is 51.9 Å². The summed E-state index contributed by atoms with van der Waals surface area (Å²) in [6.07, 6.45) is 40.9. The molecular weight excluding hydrogens is 2160 g/mol. The van der Waals surface area contributed by atoms with E-state index in [1.165, 1.54) is 192 Å². The number of thiophene rings is 4. The molecule has 0 radical (unpaired) electrons. The van der Waals surface area contributed by atoms with Crippen LogP contribution < -0.4 is 15.3 Å². The van der Waals surface area contributed by atoms with Crippen LogP contribution in [0.25, 0.3) is 73.5 Å². The maximum absolute atomic E-state index is 15.5. The number of hydrogen-bond acceptors (Lipinski definition) is 15. The molecule has 12 rings (SSSR count). The molecule has 4 unspecified atom stereocenters. The molecule has 10 aromatic rings. The Morgan fingerprint density at radius 3 is 0.984 bits per heavy atom. The van der Waals surface area contributed by atoms with Gasteiger partial charge >= 0.3 is 383 Å². The van der Waals surface area contributed by atoms with Gasteiger partial charge in [0.05, 0.1) is 58.4 Å². The third-order valence-electron chi connectivity index (χ3n) is 26.8. The summed E-state index contributed by atoms with van der Waals surface area (Å²) >= 11 is 18.9. The number of hydrogen-bond donors (Lipinski definition) is 0. The molecule has 0 N–H and O–H groups in total. The van der Waals surface area contributed by atoms with Crippen molar-refractivity contribution in [3.63, 3.8) is 0 Å². The van der Waals surface area contributed by atoms with Gasteiger partial charge in [0.2, 0.25) is 0 Å².